The van der Waals surface area contributed by atoms with Crippen molar-refractivity contribution in [3.8, 4) is 0 Å². The van der Waals surface area contributed by atoms with Crippen molar-refractivity contribution in [1.82, 2.24) is 0 Å². The van der Waals surface area contributed by atoms with Crippen LogP contribution < -0.4 is 5.73 Å². The summed E-state index contributed by atoms with van der Waals surface area (Å²) in [7, 11) is 0. The van der Waals surface area contributed by atoms with E-state index in [0.29, 0.717) is 0 Å². The van der Waals surface area contributed by atoms with E-state index in [2.05, 4.69) is 0 Å². The lowest BCUT2D eigenvalue weighted by molar-refractivity contribution is -0.171. The summed E-state index contributed by atoms with van der Waals surface area (Å²) >= 11 is 0. The van der Waals surface area contributed by atoms with Crippen LogP contribution in [-0.4, -0.2) is 62.6 Å². The molecule has 0 heterocycles. The Morgan fingerprint density at radius 2 is 1.31 bits per heavy atom. The van der Waals surface area contributed by atoms with Crippen LogP contribution in [0.5, 0.6) is 0 Å². The first-order chi connectivity index (χ1) is 6.00. The van der Waals surface area contributed by atoms with Crippen LogP contribution in [0.25, 0.3) is 0 Å². The monoisotopic (exact) mass is 193 g/mol. The first kappa shape index (κ1) is 10.8. The van der Waals surface area contributed by atoms with E-state index in [0.717, 1.165) is 0 Å². The molecule has 0 spiro atoms. The van der Waals surface area contributed by atoms with E-state index in [4.69, 9.17) is 10.8 Å². The van der Waals surface area contributed by atoms with Crippen LogP contribution >= 0.6 is 0 Å². The summed E-state index contributed by atoms with van der Waals surface area (Å²) in [5.41, 5.74) is 5.43. The lowest BCUT2D eigenvalue weighted by atomic mass is 9.78. The molecule has 6 nitrogen and oxygen atoms in total. The van der Waals surface area contributed by atoms with Crippen LogP contribution in [0.3, 0.4) is 0 Å². The second kappa shape index (κ2) is 3.87. The van der Waals surface area contributed by atoms with Crippen molar-refractivity contribution in [3.05, 3.63) is 0 Å². The highest BCUT2D eigenvalue weighted by Crippen LogP contribution is 2.24. The SMILES string of the molecule is N[C@H]1[C@H](O)[C@@H](O)[C@H](O)[C@H](O)[C@H]1CO. The van der Waals surface area contributed by atoms with Crippen molar-refractivity contribution in [1.29, 1.82) is 0 Å². The molecule has 0 unspecified atom stereocenters. The predicted molar refractivity (Wildman–Crippen MR) is 42.6 cm³/mol. The highest BCUT2D eigenvalue weighted by atomic mass is 16.4. The fourth-order valence-corrected chi connectivity index (χ4v) is 1.60. The Labute approximate surface area is 75.2 Å². The third-order valence-corrected chi connectivity index (χ3v) is 2.59. The minimum absolute atomic E-state index is 0.441. The van der Waals surface area contributed by atoms with Crippen LogP contribution in [-0.2, 0) is 0 Å². The van der Waals surface area contributed by atoms with Gasteiger partial charge in [-0.25, -0.2) is 0 Å². The molecule has 6 atom stereocenters. The molecule has 1 aliphatic carbocycles. The fraction of sp³-hybridized carbons (Fsp3) is 1.00. The Morgan fingerprint density at radius 3 is 1.77 bits per heavy atom. The smallest absolute Gasteiger partial charge is 0.110 e. The van der Waals surface area contributed by atoms with Crippen LogP contribution in [0.15, 0.2) is 0 Å². The number of aliphatic hydroxyl groups is 5. The number of nitrogens with two attached hydrogens (primary N) is 1. The maximum Gasteiger partial charge on any atom is 0.110 e. The maximum absolute atomic E-state index is 9.33. The molecule has 13 heavy (non-hydrogen) atoms. The predicted octanol–water partition coefficient (Wildman–Crippen LogP) is -3.62. The summed E-state index contributed by atoms with van der Waals surface area (Å²) in [5, 5.41) is 45.8. The number of hydrogen-bond donors (Lipinski definition) is 6. The van der Waals surface area contributed by atoms with E-state index in [-0.39, 0.29) is 0 Å². The Kier molecular flexibility index (Phi) is 3.23. The first-order valence-corrected chi connectivity index (χ1v) is 4.09. The second-order valence-corrected chi connectivity index (χ2v) is 3.39. The summed E-state index contributed by atoms with van der Waals surface area (Å²) in [6, 6.07) is -0.932. The minimum atomic E-state index is -1.47. The van der Waals surface area contributed by atoms with Crippen LogP contribution in [0.4, 0.5) is 0 Å². The molecule has 1 saturated carbocycles. The Bertz CT molecular complexity index is 162. The van der Waals surface area contributed by atoms with Gasteiger partial charge in [-0.05, 0) is 0 Å². The normalized spacial score (nSPS) is 52.2. The van der Waals surface area contributed by atoms with Gasteiger partial charge >= 0.3 is 0 Å². The maximum atomic E-state index is 9.33. The zero-order chi connectivity index (χ0) is 10.2. The molecule has 6 heteroatoms. The molecule has 1 fully saturated rings. The molecule has 7 N–H and O–H groups in total. The van der Waals surface area contributed by atoms with Crippen molar-refractivity contribution in [2.45, 2.75) is 30.5 Å². The van der Waals surface area contributed by atoms with E-state index in [1.807, 2.05) is 0 Å². The number of rotatable bonds is 1. The van der Waals surface area contributed by atoms with E-state index in [9.17, 15) is 20.4 Å². The molecule has 0 aromatic rings. The fourth-order valence-electron chi connectivity index (χ4n) is 1.60. The molecule has 0 aromatic carbocycles. The third-order valence-electron chi connectivity index (χ3n) is 2.59. The lowest BCUT2D eigenvalue weighted by Gasteiger charge is -2.41. The van der Waals surface area contributed by atoms with E-state index in [1.54, 1.807) is 0 Å². The van der Waals surface area contributed by atoms with Gasteiger partial charge in [0.05, 0.1) is 18.8 Å². The van der Waals surface area contributed by atoms with Crippen LogP contribution in [0.1, 0.15) is 0 Å². The van der Waals surface area contributed by atoms with E-state index in [1.165, 1.54) is 0 Å². The topological polar surface area (TPSA) is 127 Å². The molecule has 0 saturated heterocycles. The van der Waals surface area contributed by atoms with Gasteiger partial charge in [-0.1, -0.05) is 0 Å². The van der Waals surface area contributed by atoms with Gasteiger partial charge in [0.15, 0.2) is 0 Å². The van der Waals surface area contributed by atoms with Crippen LogP contribution in [0.2, 0.25) is 0 Å². The van der Waals surface area contributed by atoms with Crippen molar-refractivity contribution in [2.75, 3.05) is 6.61 Å². The molecular weight excluding hydrogens is 178 g/mol. The minimum Gasteiger partial charge on any atom is -0.396 e. The van der Waals surface area contributed by atoms with Gasteiger partial charge in [0.25, 0.3) is 0 Å². The van der Waals surface area contributed by atoms with Crippen molar-refractivity contribution >= 4 is 0 Å². The summed E-state index contributed by atoms with van der Waals surface area (Å²) < 4.78 is 0. The Hall–Kier alpha value is -0.240. The molecule has 0 amide bonds. The van der Waals surface area contributed by atoms with Gasteiger partial charge in [-0.15, -0.1) is 0 Å². The molecule has 1 aliphatic rings. The highest BCUT2D eigenvalue weighted by molar-refractivity contribution is 4.99. The first-order valence-electron chi connectivity index (χ1n) is 4.09. The standard InChI is InChI=1S/C7H15NO5/c8-3-2(1-9)4(10)6(12)7(13)5(3)11/h2-7,9-13H,1,8H2/t2-,3+,4+,5-,6+,7+/m0/s1. The van der Waals surface area contributed by atoms with Gasteiger partial charge in [-0.3, -0.25) is 0 Å². The van der Waals surface area contributed by atoms with E-state index >= 15 is 0 Å². The number of aliphatic hydroxyl groups excluding tert-OH is 5. The van der Waals surface area contributed by atoms with Crippen molar-refractivity contribution in [3.63, 3.8) is 0 Å². The highest BCUT2D eigenvalue weighted by Gasteiger charge is 2.46. The zero-order valence-electron chi connectivity index (χ0n) is 6.98. The molecule has 78 valence electrons. The van der Waals surface area contributed by atoms with E-state index < -0.39 is 43.0 Å². The van der Waals surface area contributed by atoms with Crippen molar-refractivity contribution in [2.24, 2.45) is 11.7 Å². The third kappa shape index (κ3) is 1.69. The molecule has 1 rings (SSSR count). The molecule has 0 aliphatic heterocycles. The summed E-state index contributed by atoms with van der Waals surface area (Å²) in [6.45, 7) is -0.441. The zero-order valence-corrected chi connectivity index (χ0v) is 6.98. The summed E-state index contributed by atoms with van der Waals surface area (Å²) in [4.78, 5) is 0. The second-order valence-electron chi connectivity index (χ2n) is 3.39. The quantitative estimate of drug-likeness (QED) is 0.255. The average Bonchev–Trinajstić information content (AvgIpc) is 2.13. The Morgan fingerprint density at radius 1 is 0.846 bits per heavy atom. The van der Waals surface area contributed by atoms with Gasteiger partial charge in [0, 0.05) is 12.0 Å². The Balaban J connectivity index is 2.79. The molecule has 0 bridgehead atoms. The van der Waals surface area contributed by atoms with Gasteiger partial charge < -0.3 is 31.3 Å². The average molecular weight is 193 g/mol. The molecule has 0 aromatic heterocycles. The van der Waals surface area contributed by atoms with Crippen LogP contribution in [0, 0.1) is 5.92 Å². The van der Waals surface area contributed by atoms with Gasteiger partial charge in [0.2, 0.25) is 0 Å². The largest absolute Gasteiger partial charge is 0.396 e. The van der Waals surface area contributed by atoms with Gasteiger partial charge in [-0.2, -0.15) is 0 Å². The molecular formula is C7H15NO5. The molecule has 0 radical (unpaired) electrons. The van der Waals surface area contributed by atoms with Crippen molar-refractivity contribution < 1.29 is 25.5 Å². The van der Waals surface area contributed by atoms with Gasteiger partial charge in [0.1, 0.15) is 12.2 Å². The number of hydrogen-bond acceptors (Lipinski definition) is 6. The summed E-state index contributed by atoms with van der Waals surface area (Å²) in [6.07, 6.45) is -5.56. The lowest BCUT2D eigenvalue weighted by Crippen LogP contribution is -2.64. The summed E-state index contributed by atoms with van der Waals surface area (Å²) in [5.74, 6) is -0.812.